The lowest BCUT2D eigenvalue weighted by atomic mass is 10.3. The lowest BCUT2D eigenvalue weighted by molar-refractivity contribution is 0.0660. The largest absolute Gasteiger partial charge is 0.475 e. The van der Waals surface area contributed by atoms with Gasteiger partial charge in [0.15, 0.2) is 0 Å². The SMILES string of the molecule is CC(C)N(C)C(=O)NCc1ccc(C(=O)O)o1. The summed E-state index contributed by atoms with van der Waals surface area (Å²) >= 11 is 0. The van der Waals surface area contributed by atoms with E-state index in [-0.39, 0.29) is 24.4 Å². The van der Waals surface area contributed by atoms with Gasteiger partial charge in [-0.25, -0.2) is 9.59 Å². The molecule has 0 spiro atoms. The third-order valence-electron chi connectivity index (χ3n) is 2.38. The first-order chi connectivity index (χ1) is 7.91. The maximum absolute atomic E-state index is 11.6. The molecule has 0 bridgehead atoms. The number of amides is 2. The molecule has 1 heterocycles. The molecule has 6 nitrogen and oxygen atoms in total. The Morgan fingerprint density at radius 2 is 2.12 bits per heavy atom. The number of aromatic carboxylic acids is 1. The van der Waals surface area contributed by atoms with Crippen LogP contribution in [0, 0.1) is 0 Å². The summed E-state index contributed by atoms with van der Waals surface area (Å²) in [4.78, 5) is 23.7. The van der Waals surface area contributed by atoms with Crippen LogP contribution in [0.15, 0.2) is 16.5 Å². The molecule has 0 unspecified atom stereocenters. The summed E-state index contributed by atoms with van der Waals surface area (Å²) in [6.45, 7) is 3.97. The van der Waals surface area contributed by atoms with Crippen LogP contribution >= 0.6 is 0 Å². The van der Waals surface area contributed by atoms with Crippen LogP contribution in [0.3, 0.4) is 0 Å². The molecule has 0 radical (unpaired) electrons. The minimum atomic E-state index is -1.12. The topological polar surface area (TPSA) is 82.8 Å². The Hall–Kier alpha value is -1.98. The first kappa shape index (κ1) is 13.1. The molecular weight excluding hydrogens is 224 g/mol. The summed E-state index contributed by atoms with van der Waals surface area (Å²) in [6.07, 6.45) is 0. The normalized spacial score (nSPS) is 10.4. The predicted octanol–water partition coefficient (Wildman–Crippen LogP) is 1.53. The van der Waals surface area contributed by atoms with E-state index in [0.29, 0.717) is 5.76 Å². The molecule has 2 N–H and O–H groups in total. The number of carboxylic acids is 1. The lowest BCUT2D eigenvalue weighted by Crippen LogP contribution is -2.40. The smallest absolute Gasteiger partial charge is 0.371 e. The molecule has 6 heteroatoms. The Morgan fingerprint density at radius 3 is 2.59 bits per heavy atom. The molecule has 94 valence electrons. The molecule has 1 rings (SSSR count). The zero-order chi connectivity index (χ0) is 13.0. The van der Waals surface area contributed by atoms with Crippen molar-refractivity contribution in [3.05, 3.63) is 23.7 Å². The van der Waals surface area contributed by atoms with Gasteiger partial charge in [-0.1, -0.05) is 0 Å². The van der Waals surface area contributed by atoms with Gasteiger partial charge in [0.1, 0.15) is 5.76 Å². The Morgan fingerprint density at radius 1 is 1.47 bits per heavy atom. The van der Waals surface area contributed by atoms with Crippen molar-refractivity contribution < 1.29 is 19.1 Å². The van der Waals surface area contributed by atoms with Crippen molar-refractivity contribution in [2.75, 3.05) is 7.05 Å². The summed E-state index contributed by atoms with van der Waals surface area (Å²) in [5.41, 5.74) is 0. The monoisotopic (exact) mass is 240 g/mol. The summed E-state index contributed by atoms with van der Waals surface area (Å²) < 4.78 is 5.00. The van der Waals surface area contributed by atoms with E-state index in [0.717, 1.165) is 0 Å². The zero-order valence-corrected chi connectivity index (χ0v) is 10.1. The lowest BCUT2D eigenvalue weighted by Gasteiger charge is -2.21. The van der Waals surface area contributed by atoms with E-state index < -0.39 is 5.97 Å². The molecule has 1 aromatic heterocycles. The van der Waals surface area contributed by atoms with Gasteiger partial charge in [0.25, 0.3) is 0 Å². The minimum absolute atomic E-state index is 0.0983. The molecule has 0 saturated carbocycles. The standard InChI is InChI=1S/C11H16N2O4/c1-7(2)13(3)11(16)12-6-8-4-5-9(17-8)10(14)15/h4-5,7H,6H2,1-3H3,(H,12,16)(H,14,15). The maximum Gasteiger partial charge on any atom is 0.371 e. The highest BCUT2D eigenvalue weighted by molar-refractivity contribution is 5.84. The van der Waals surface area contributed by atoms with Gasteiger partial charge in [0, 0.05) is 13.1 Å². The minimum Gasteiger partial charge on any atom is -0.475 e. The van der Waals surface area contributed by atoms with E-state index in [1.54, 1.807) is 11.9 Å². The summed E-state index contributed by atoms with van der Waals surface area (Å²) in [6, 6.07) is 2.75. The molecule has 0 aromatic carbocycles. The molecule has 0 saturated heterocycles. The van der Waals surface area contributed by atoms with Crippen LogP contribution < -0.4 is 5.32 Å². The third-order valence-corrected chi connectivity index (χ3v) is 2.38. The van der Waals surface area contributed by atoms with Crippen molar-refractivity contribution in [3.8, 4) is 0 Å². The van der Waals surface area contributed by atoms with E-state index in [9.17, 15) is 9.59 Å². The van der Waals surface area contributed by atoms with E-state index in [1.807, 2.05) is 13.8 Å². The number of hydrogen-bond donors (Lipinski definition) is 2. The Bertz CT molecular complexity index is 411. The number of nitrogens with one attached hydrogen (secondary N) is 1. The van der Waals surface area contributed by atoms with Crippen LogP contribution in [-0.2, 0) is 6.54 Å². The molecule has 0 aliphatic carbocycles. The highest BCUT2D eigenvalue weighted by Crippen LogP contribution is 2.07. The second-order valence-corrected chi connectivity index (χ2v) is 3.93. The number of carbonyl (C=O) groups excluding carboxylic acids is 1. The number of furan rings is 1. The molecule has 0 aliphatic heterocycles. The Labute approximate surface area is 99.2 Å². The van der Waals surface area contributed by atoms with Crippen LogP contribution in [0.5, 0.6) is 0 Å². The second-order valence-electron chi connectivity index (χ2n) is 3.93. The Balaban J connectivity index is 2.50. The van der Waals surface area contributed by atoms with Crippen molar-refractivity contribution in [2.24, 2.45) is 0 Å². The van der Waals surface area contributed by atoms with Crippen LogP contribution in [0.4, 0.5) is 4.79 Å². The van der Waals surface area contributed by atoms with Crippen molar-refractivity contribution in [2.45, 2.75) is 26.4 Å². The number of carboxylic acid groups (broad SMARTS) is 1. The van der Waals surface area contributed by atoms with Crippen LogP contribution in [-0.4, -0.2) is 35.1 Å². The third kappa shape index (κ3) is 3.51. The molecule has 0 fully saturated rings. The van der Waals surface area contributed by atoms with Crippen molar-refractivity contribution in [1.82, 2.24) is 10.2 Å². The summed E-state index contributed by atoms with van der Waals surface area (Å²) in [5.74, 6) is -0.846. The van der Waals surface area contributed by atoms with Crippen LogP contribution in [0.25, 0.3) is 0 Å². The van der Waals surface area contributed by atoms with Crippen molar-refractivity contribution in [3.63, 3.8) is 0 Å². The predicted molar refractivity (Wildman–Crippen MR) is 60.8 cm³/mol. The fourth-order valence-corrected chi connectivity index (χ4v) is 1.11. The number of carbonyl (C=O) groups is 2. The molecule has 0 aliphatic rings. The number of hydrogen-bond acceptors (Lipinski definition) is 3. The van der Waals surface area contributed by atoms with E-state index >= 15 is 0 Å². The van der Waals surface area contributed by atoms with E-state index in [4.69, 9.17) is 9.52 Å². The average molecular weight is 240 g/mol. The first-order valence-corrected chi connectivity index (χ1v) is 5.24. The highest BCUT2D eigenvalue weighted by Gasteiger charge is 2.13. The molecule has 17 heavy (non-hydrogen) atoms. The van der Waals surface area contributed by atoms with Gasteiger partial charge in [-0.3, -0.25) is 0 Å². The van der Waals surface area contributed by atoms with Gasteiger partial charge >= 0.3 is 12.0 Å². The van der Waals surface area contributed by atoms with Gasteiger partial charge in [0.2, 0.25) is 5.76 Å². The van der Waals surface area contributed by atoms with Gasteiger partial charge in [-0.15, -0.1) is 0 Å². The summed E-state index contributed by atoms with van der Waals surface area (Å²) in [5, 5.41) is 11.3. The highest BCUT2D eigenvalue weighted by atomic mass is 16.4. The fourth-order valence-electron chi connectivity index (χ4n) is 1.11. The van der Waals surface area contributed by atoms with Crippen molar-refractivity contribution >= 4 is 12.0 Å². The van der Waals surface area contributed by atoms with Gasteiger partial charge < -0.3 is 19.7 Å². The number of urea groups is 1. The fraction of sp³-hybridized carbons (Fsp3) is 0.455. The molecule has 2 amide bonds. The van der Waals surface area contributed by atoms with Crippen LogP contribution in [0.1, 0.15) is 30.2 Å². The van der Waals surface area contributed by atoms with Gasteiger partial charge in [-0.2, -0.15) is 0 Å². The Kier molecular flexibility index (Phi) is 4.14. The number of rotatable bonds is 4. The van der Waals surface area contributed by atoms with Gasteiger partial charge in [-0.05, 0) is 26.0 Å². The van der Waals surface area contributed by atoms with E-state index in [2.05, 4.69) is 5.32 Å². The second kappa shape index (κ2) is 5.38. The molecular formula is C11H16N2O4. The molecule has 0 atom stereocenters. The first-order valence-electron chi connectivity index (χ1n) is 5.24. The summed E-state index contributed by atoms with van der Waals surface area (Å²) in [7, 11) is 1.69. The van der Waals surface area contributed by atoms with E-state index in [1.165, 1.54) is 12.1 Å². The number of nitrogens with zero attached hydrogens (tertiary/aromatic N) is 1. The molecule has 1 aromatic rings. The quantitative estimate of drug-likeness (QED) is 0.836. The maximum atomic E-state index is 11.6. The van der Waals surface area contributed by atoms with Gasteiger partial charge in [0.05, 0.1) is 6.54 Å². The van der Waals surface area contributed by atoms with Crippen LogP contribution in [0.2, 0.25) is 0 Å². The van der Waals surface area contributed by atoms with Crippen molar-refractivity contribution in [1.29, 1.82) is 0 Å². The average Bonchev–Trinajstić information content (AvgIpc) is 2.73. The zero-order valence-electron chi connectivity index (χ0n) is 10.1.